The summed E-state index contributed by atoms with van der Waals surface area (Å²) in [5.74, 6) is -0.975. The molecule has 11 atom stereocenters. The molecule has 15 heteroatoms. The minimum Gasteiger partial charge on any atom is -0.462 e. The van der Waals surface area contributed by atoms with E-state index in [0.717, 1.165) is 83.5 Å². The smallest absolute Gasteiger partial charge is 0.306 e. The molecule has 0 aliphatic carbocycles. The van der Waals surface area contributed by atoms with Crippen LogP contribution in [0.5, 0.6) is 0 Å². The number of esters is 2. The van der Waals surface area contributed by atoms with Gasteiger partial charge in [-0.2, -0.15) is 0 Å². The first kappa shape index (κ1) is 60.3. The van der Waals surface area contributed by atoms with Crippen molar-refractivity contribution in [2.24, 2.45) is 0 Å². The van der Waals surface area contributed by atoms with Crippen LogP contribution < -0.4 is 0 Å². The molecule has 2 aliphatic rings. The molecule has 15 nitrogen and oxygen atoms in total. The molecule has 0 amide bonds. The summed E-state index contributed by atoms with van der Waals surface area (Å²) in [6.07, 6.45) is 26.7. The fourth-order valence-corrected chi connectivity index (χ4v) is 7.49. The van der Waals surface area contributed by atoms with Gasteiger partial charge in [-0.1, -0.05) is 132 Å². The molecule has 386 valence electrons. The molecule has 0 aromatic rings. The SMILES string of the molecule is CCC/C=C/C/C=C/C/C=C/C/C=C/CCCCCC(=O)O[C@H](COC(=O)CCCCCCC/C=C/CCCCCCC)CO[C@H]1O[C@@H](CO[C@H]2O[C@@H](CO)[C@@H](O)C(O)C2O)[C@@H](O)C(O)C1O. The third kappa shape index (κ3) is 27.3. The van der Waals surface area contributed by atoms with Gasteiger partial charge in [-0.15, -0.1) is 0 Å². The second-order valence-corrected chi connectivity index (χ2v) is 17.6. The molecule has 67 heavy (non-hydrogen) atoms. The van der Waals surface area contributed by atoms with Crippen molar-refractivity contribution < 1.29 is 73.8 Å². The van der Waals surface area contributed by atoms with Crippen LogP contribution in [0.25, 0.3) is 0 Å². The largest absolute Gasteiger partial charge is 0.462 e. The number of ether oxygens (including phenoxy) is 6. The molecule has 7 N–H and O–H groups in total. The zero-order valence-corrected chi connectivity index (χ0v) is 40.6. The Labute approximate surface area is 400 Å². The molecule has 0 spiro atoms. The summed E-state index contributed by atoms with van der Waals surface area (Å²) in [6, 6.07) is 0. The maximum Gasteiger partial charge on any atom is 0.306 e. The van der Waals surface area contributed by atoms with E-state index in [4.69, 9.17) is 28.4 Å². The Balaban J connectivity index is 1.84. The number of unbranched alkanes of at least 4 members (excludes halogenated alkanes) is 14. The van der Waals surface area contributed by atoms with Crippen LogP contribution in [0.4, 0.5) is 0 Å². The molecule has 0 aromatic heterocycles. The number of allylic oxidation sites excluding steroid dienone is 10. The molecule has 2 fully saturated rings. The van der Waals surface area contributed by atoms with Gasteiger partial charge >= 0.3 is 11.9 Å². The van der Waals surface area contributed by atoms with Crippen molar-refractivity contribution in [3.05, 3.63) is 60.8 Å². The van der Waals surface area contributed by atoms with Crippen LogP contribution in [-0.2, 0) is 38.0 Å². The summed E-state index contributed by atoms with van der Waals surface area (Å²) in [4.78, 5) is 25.7. The van der Waals surface area contributed by atoms with E-state index in [-0.39, 0.29) is 19.4 Å². The summed E-state index contributed by atoms with van der Waals surface area (Å²) < 4.78 is 33.5. The molecule has 4 unspecified atom stereocenters. The first-order valence-corrected chi connectivity index (χ1v) is 25.4. The van der Waals surface area contributed by atoms with Gasteiger partial charge in [-0.3, -0.25) is 9.59 Å². The van der Waals surface area contributed by atoms with E-state index in [9.17, 15) is 45.3 Å². The van der Waals surface area contributed by atoms with Crippen LogP contribution in [0.1, 0.15) is 162 Å². The van der Waals surface area contributed by atoms with Crippen molar-refractivity contribution in [1.82, 2.24) is 0 Å². The number of carbonyl (C=O) groups excluding carboxylic acids is 2. The van der Waals surface area contributed by atoms with Crippen molar-refractivity contribution in [1.29, 1.82) is 0 Å². The summed E-state index contributed by atoms with van der Waals surface area (Å²) >= 11 is 0. The van der Waals surface area contributed by atoms with Crippen molar-refractivity contribution >= 4 is 11.9 Å². The second kappa shape index (κ2) is 39.0. The maximum atomic E-state index is 13.0. The van der Waals surface area contributed by atoms with E-state index in [1.165, 1.54) is 38.5 Å². The average Bonchev–Trinajstić information content (AvgIpc) is 3.32. The van der Waals surface area contributed by atoms with Gasteiger partial charge in [0.2, 0.25) is 0 Å². The van der Waals surface area contributed by atoms with E-state index in [0.29, 0.717) is 12.8 Å². The van der Waals surface area contributed by atoms with Crippen LogP contribution in [0, 0.1) is 0 Å². The molecule has 2 heterocycles. The molecule has 0 aromatic carbocycles. The highest BCUT2D eigenvalue weighted by molar-refractivity contribution is 5.70. The topological polar surface area (TPSA) is 231 Å². The zero-order chi connectivity index (χ0) is 48.9. The molecule has 0 radical (unpaired) electrons. The Bertz CT molecular complexity index is 1400. The van der Waals surface area contributed by atoms with E-state index >= 15 is 0 Å². The second-order valence-electron chi connectivity index (χ2n) is 17.6. The predicted octanol–water partition coefficient (Wildman–Crippen LogP) is 6.88. The monoisotopic (exact) mass is 953 g/mol. The van der Waals surface area contributed by atoms with E-state index in [2.05, 4.69) is 74.6 Å². The summed E-state index contributed by atoms with van der Waals surface area (Å²) in [5.41, 5.74) is 0. The highest BCUT2D eigenvalue weighted by Crippen LogP contribution is 2.26. The molecular formula is C52H88O15. The fourth-order valence-electron chi connectivity index (χ4n) is 7.49. The van der Waals surface area contributed by atoms with Crippen LogP contribution >= 0.6 is 0 Å². The van der Waals surface area contributed by atoms with E-state index in [1.807, 2.05) is 0 Å². The van der Waals surface area contributed by atoms with Gasteiger partial charge in [-0.05, 0) is 77.0 Å². The third-order valence-corrected chi connectivity index (χ3v) is 11.7. The van der Waals surface area contributed by atoms with Gasteiger partial charge in [0, 0.05) is 12.8 Å². The molecule has 2 aliphatic heterocycles. The third-order valence-electron chi connectivity index (χ3n) is 11.7. The number of aliphatic hydroxyl groups is 7. The number of hydrogen-bond acceptors (Lipinski definition) is 15. The Morgan fingerprint density at radius 2 is 0.925 bits per heavy atom. The van der Waals surface area contributed by atoms with Crippen molar-refractivity contribution in [2.75, 3.05) is 26.4 Å². The lowest BCUT2D eigenvalue weighted by atomic mass is 9.98. The maximum absolute atomic E-state index is 13.0. The summed E-state index contributed by atoms with van der Waals surface area (Å²) in [7, 11) is 0. The highest BCUT2D eigenvalue weighted by atomic mass is 16.7. The summed E-state index contributed by atoms with van der Waals surface area (Å²) in [5, 5.41) is 72.0. The quantitative estimate of drug-likeness (QED) is 0.0190. The van der Waals surface area contributed by atoms with Crippen LogP contribution in [-0.4, -0.2) is 142 Å². The van der Waals surface area contributed by atoms with E-state index < -0.39 is 99.3 Å². The minimum atomic E-state index is -1.77. The number of carbonyl (C=O) groups is 2. The van der Waals surface area contributed by atoms with Gasteiger partial charge in [0.1, 0.15) is 55.4 Å². The molecule has 2 rings (SSSR count). The van der Waals surface area contributed by atoms with E-state index in [1.54, 1.807) is 0 Å². The predicted molar refractivity (Wildman–Crippen MR) is 256 cm³/mol. The van der Waals surface area contributed by atoms with Gasteiger partial charge in [0.15, 0.2) is 18.7 Å². The summed E-state index contributed by atoms with van der Waals surface area (Å²) in [6.45, 7) is 2.45. The molecule has 0 bridgehead atoms. The average molecular weight is 953 g/mol. The number of aliphatic hydroxyl groups excluding tert-OH is 7. The van der Waals surface area contributed by atoms with Crippen LogP contribution in [0.15, 0.2) is 60.8 Å². The Kier molecular flexibility index (Phi) is 35.1. The highest BCUT2D eigenvalue weighted by Gasteiger charge is 2.47. The van der Waals surface area contributed by atoms with Crippen LogP contribution in [0.3, 0.4) is 0 Å². The molecular weight excluding hydrogens is 865 g/mol. The Morgan fingerprint density at radius 3 is 1.49 bits per heavy atom. The first-order valence-electron chi connectivity index (χ1n) is 25.4. The molecule has 0 saturated carbocycles. The number of rotatable bonds is 38. The van der Waals surface area contributed by atoms with Crippen molar-refractivity contribution in [3.8, 4) is 0 Å². The van der Waals surface area contributed by atoms with Crippen LogP contribution in [0.2, 0.25) is 0 Å². The van der Waals surface area contributed by atoms with Crippen molar-refractivity contribution in [3.63, 3.8) is 0 Å². The first-order chi connectivity index (χ1) is 32.5. The normalized spacial score (nSPS) is 26.5. The lowest BCUT2D eigenvalue weighted by molar-refractivity contribution is -0.332. The minimum absolute atomic E-state index is 0.123. The number of hydrogen-bond donors (Lipinski definition) is 7. The van der Waals surface area contributed by atoms with Gasteiger partial charge in [0.05, 0.1) is 19.8 Å². The standard InChI is InChI=1S/C52H88O15/c1-3-5-7-9-11-13-15-17-19-20-21-23-25-27-29-31-33-35-44(55)65-40(37-62-43(54)34-32-30-28-26-24-22-18-16-14-12-10-8-6-4-2)38-63-51-50(61)48(59)46(57)42(67-51)39-64-52-49(60)47(58)45(56)41(36-53)66-52/h7,9,13,15-16,18-20,23,25,40-42,45-53,56-61H,3-6,8,10-12,14,17,21-22,24,26-39H2,1-2H3/b9-7+,15-13+,18-16+,20-19+,25-23+/t40-,41+,42+,45-,46-,47?,48?,49?,50?,51+,52+/m1/s1. The fraction of sp³-hybridized carbons (Fsp3) is 0.769. The van der Waals surface area contributed by atoms with Crippen molar-refractivity contribution in [2.45, 2.75) is 229 Å². The lowest BCUT2D eigenvalue weighted by Crippen LogP contribution is -2.61. The lowest BCUT2D eigenvalue weighted by Gasteiger charge is -2.42. The van der Waals surface area contributed by atoms with Gasteiger partial charge in [0.25, 0.3) is 0 Å². The molecule has 2 saturated heterocycles. The van der Waals surface area contributed by atoms with Gasteiger partial charge in [-0.25, -0.2) is 0 Å². The van der Waals surface area contributed by atoms with Gasteiger partial charge < -0.3 is 64.2 Å². The zero-order valence-electron chi connectivity index (χ0n) is 40.6. The Hall–Kier alpha value is -2.80. The Morgan fingerprint density at radius 1 is 0.478 bits per heavy atom.